The molecule has 166 valence electrons. The van der Waals surface area contributed by atoms with Crippen LogP contribution in [0.3, 0.4) is 0 Å². The van der Waals surface area contributed by atoms with E-state index < -0.39 is 0 Å². The maximum Gasteiger partial charge on any atom is 0.338 e. The van der Waals surface area contributed by atoms with E-state index in [1.165, 1.54) is 0 Å². The molecule has 8 heteroatoms. The molecule has 0 N–H and O–H groups in total. The van der Waals surface area contributed by atoms with Crippen molar-refractivity contribution >= 4 is 11.9 Å². The summed E-state index contributed by atoms with van der Waals surface area (Å²) in [7, 11) is 0. The van der Waals surface area contributed by atoms with Gasteiger partial charge in [0.1, 0.15) is 0 Å². The second kappa shape index (κ2) is 11.7. The molecule has 0 saturated heterocycles. The Morgan fingerprint density at radius 2 is 1.22 bits per heavy atom. The maximum atomic E-state index is 12.1. The summed E-state index contributed by atoms with van der Waals surface area (Å²) in [5, 5.41) is 0. The van der Waals surface area contributed by atoms with Crippen molar-refractivity contribution < 1.29 is 19.1 Å². The zero-order chi connectivity index (χ0) is 22.8. The van der Waals surface area contributed by atoms with Crippen LogP contribution in [0.2, 0.25) is 0 Å². The van der Waals surface area contributed by atoms with Gasteiger partial charge in [-0.1, -0.05) is 6.07 Å². The lowest BCUT2D eigenvalue weighted by Gasteiger charge is -2.21. The van der Waals surface area contributed by atoms with Gasteiger partial charge in [-0.25, -0.2) is 9.59 Å². The van der Waals surface area contributed by atoms with Gasteiger partial charge in [0.2, 0.25) is 0 Å². The van der Waals surface area contributed by atoms with Gasteiger partial charge in [-0.15, -0.1) is 0 Å². The average Bonchev–Trinajstić information content (AvgIpc) is 2.80. The molecule has 3 heterocycles. The predicted molar refractivity (Wildman–Crippen MR) is 118 cm³/mol. The minimum atomic E-state index is -0.378. The van der Waals surface area contributed by atoms with Gasteiger partial charge in [-0.05, 0) is 50.2 Å². The summed E-state index contributed by atoms with van der Waals surface area (Å²) >= 11 is 0. The van der Waals surface area contributed by atoms with Crippen LogP contribution in [-0.2, 0) is 29.1 Å². The number of aromatic nitrogens is 3. The number of carbonyl (C=O) groups excluding carboxylic acids is 2. The number of pyridine rings is 3. The highest BCUT2D eigenvalue weighted by atomic mass is 16.5. The van der Waals surface area contributed by atoms with Gasteiger partial charge in [-0.2, -0.15) is 0 Å². The fraction of sp³-hybridized carbons (Fsp3) is 0.292. The second-order valence-corrected chi connectivity index (χ2v) is 6.98. The Morgan fingerprint density at radius 3 is 1.69 bits per heavy atom. The van der Waals surface area contributed by atoms with E-state index in [4.69, 9.17) is 9.47 Å². The minimum absolute atomic E-state index is 0.310. The second-order valence-electron chi connectivity index (χ2n) is 6.98. The Balaban J connectivity index is 1.82. The van der Waals surface area contributed by atoms with Gasteiger partial charge in [0, 0.05) is 38.2 Å². The zero-order valence-corrected chi connectivity index (χ0v) is 18.2. The summed E-state index contributed by atoms with van der Waals surface area (Å²) in [5.41, 5.74) is 3.23. The van der Waals surface area contributed by atoms with Crippen LogP contribution in [0, 0.1) is 0 Å². The third kappa shape index (κ3) is 6.68. The van der Waals surface area contributed by atoms with E-state index in [1.807, 2.05) is 18.2 Å². The normalized spacial score (nSPS) is 10.7. The number of hydrogen-bond donors (Lipinski definition) is 0. The van der Waals surface area contributed by atoms with Gasteiger partial charge < -0.3 is 9.47 Å². The quantitative estimate of drug-likeness (QED) is 0.448. The molecule has 0 aliphatic rings. The Morgan fingerprint density at radius 1 is 0.719 bits per heavy atom. The predicted octanol–water partition coefficient (Wildman–Crippen LogP) is 3.43. The molecule has 3 aromatic heterocycles. The Labute approximate surface area is 187 Å². The van der Waals surface area contributed by atoms with Gasteiger partial charge >= 0.3 is 11.9 Å². The first-order valence-corrected chi connectivity index (χ1v) is 10.5. The highest BCUT2D eigenvalue weighted by Gasteiger charge is 2.15. The smallest absolute Gasteiger partial charge is 0.338 e. The topological polar surface area (TPSA) is 94.5 Å². The van der Waals surface area contributed by atoms with Crippen molar-refractivity contribution in [1.29, 1.82) is 0 Å². The van der Waals surface area contributed by atoms with Crippen molar-refractivity contribution in [2.24, 2.45) is 0 Å². The Bertz CT molecular complexity index is 979. The molecule has 0 atom stereocenters. The van der Waals surface area contributed by atoms with Crippen LogP contribution in [0.4, 0.5) is 0 Å². The summed E-state index contributed by atoms with van der Waals surface area (Å²) in [6.07, 6.45) is 4.94. The third-order valence-electron chi connectivity index (χ3n) is 4.54. The number of rotatable bonds is 10. The first-order chi connectivity index (χ1) is 15.6. The molecular formula is C24H26N4O4. The van der Waals surface area contributed by atoms with E-state index in [0.717, 1.165) is 5.69 Å². The van der Waals surface area contributed by atoms with E-state index in [9.17, 15) is 9.59 Å². The molecule has 32 heavy (non-hydrogen) atoms. The molecule has 0 aromatic carbocycles. The fourth-order valence-electron chi connectivity index (χ4n) is 3.16. The number of carbonyl (C=O) groups is 2. The summed E-state index contributed by atoms with van der Waals surface area (Å²) < 4.78 is 10.2. The van der Waals surface area contributed by atoms with Crippen molar-refractivity contribution in [3.63, 3.8) is 0 Å². The lowest BCUT2D eigenvalue weighted by molar-refractivity contribution is 0.0516. The van der Waals surface area contributed by atoms with Crippen molar-refractivity contribution in [3.8, 4) is 0 Å². The van der Waals surface area contributed by atoms with Gasteiger partial charge in [0.25, 0.3) is 0 Å². The lowest BCUT2D eigenvalue weighted by Crippen LogP contribution is -2.24. The molecule has 8 nitrogen and oxygen atoms in total. The Hall–Kier alpha value is -3.65. The van der Waals surface area contributed by atoms with E-state index in [-0.39, 0.29) is 11.9 Å². The Kier molecular flexibility index (Phi) is 8.39. The van der Waals surface area contributed by atoms with Crippen LogP contribution in [0.1, 0.15) is 51.6 Å². The lowest BCUT2D eigenvalue weighted by atomic mass is 10.2. The molecule has 0 radical (unpaired) electrons. The summed E-state index contributed by atoms with van der Waals surface area (Å²) in [6, 6.07) is 12.5. The first-order valence-electron chi connectivity index (χ1n) is 10.5. The van der Waals surface area contributed by atoms with E-state index in [1.54, 1.807) is 56.7 Å². The van der Waals surface area contributed by atoms with Crippen LogP contribution >= 0.6 is 0 Å². The van der Waals surface area contributed by atoms with Crippen LogP contribution in [0.25, 0.3) is 0 Å². The molecule has 0 spiro atoms. The van der Waals surface area contributed by atoms with Crippen LogP contribution in [0.5, 0.6) is 0 Å². The van der Waals surface area contributed by atoms with Gasteiger partial charge in [-0.3, -0.25) is 19.9 Å². The zero-order valence-electron chi connectivity index (χ0n) is 18.2. The van der Waals surface area contributed by atoms with E-state index in [2.05, 4.69) is 19.9 Å². The van der Waals surface area contributed by atoms with Crippen LogP contribution < -0.4 is 0 Å². The van der Waals surface area contributed by atoms with Crippen molar-refractivity contribution in [1.82, 2.24) is 19.9 Å². The average molecular weight is 434 g/mol. The standard InChI is InChI=1S/C24H26N4O4/c1-3-31-23(29)18-8-11-26-21(13-18)16-28(15-20-7-5-6-10-25-20)17-22-14-19(9-12-27-22)24(30)32-4-2/h5-14H,3-4,15-17H2,1-2H3. The van der Waals surface area contributed by atoms with Crippen molar-refractivity contribution in [2.45, 2.75) is 33.5 Å². The summed E-state index contributed by atoms with van der Waals surface area (Å²) in [6.45, 7) is 5.61. The number of esters is 2. The molecule has 3 rings (SSSR count). The number of hydrogen-bond acceptors (Lipinski definition) is 8. The SMILES string of the molecule is CCOC(=O)c1ccnc(CN(Cc2ccccn2)Cc2cc(C(=O)OCC)ccn2)c1. The monoisotopic (exact) mass is 434 g/mol. The van der Waals surface area contributed by atoms with Crippen LogP contribution in [0.15, 0.2) is 61.1 Å². The molecule has 0 unspecified atom stereocenters. The molecule has 0 saturated carbocycles. The minimum Gasteiger partial charge on any atom is -0.462 e. The maximum absolute atomic E-state index is 12.1. The van der Waals surface area contributed by atoms with Gasteiger partial charge in [0.15, 0.2) is 0 Å². The van der Waals surface area contributed by atoms with Gasteiger partial charge in [0.05, 0.1) is 41.4 Å². The highest BCUT2D eigenvalue weighted by Crippen LogP contribution is 2.14. The number of ether oxygens (including phenoxy) is 2. The van der Waals surface area contributed by atoms with Crippen LogP contribution in [-0.4, -0.2) is 45.0 Å². The molecule has 0 bridgehead atoms. The highest BCUT2D eigenvalue weighted by molar-refractivity contribution is 5.89. The fourth-order valence-corrected chi connectivity index (χ4v) is 3.16. The third-order valence-corrected chi connectivity index (χ3v) is 4.54. The molecular weight excluding hydrogens is 408 g/mol. The molecule has 0 fully saturated rings. The summed E-state index contributed by atoms with van der Waals surface area (Å²) in [5.74, 6) is -0.757. The largest absolute Gasteiger partial charge is 0.462 e. The number of nitrogens with zero attached hydrogens (tertiary/aromatic N) is 4. The molecule has 0 aliphatic heterocycles. The molecule has 0 amide bonds. The van der Waals surface area contributed by atoms with E-state index in [0.29, 0.717) is 55.4 Å². The van der Waals surface area contributed by atoms with Crippen molar-refractivity contribution in [3.05, 3.63) is 89.3 Å². The van der Waals surface area contributed by atoms with E-state index >= 15 is 0 Å². The van der Waals surface area contributed by atoms with Crippen molar-refractivity contribution in [2.75, 3.05) is 13.2 Å². The first kappa shape index (κ1) is 23.0. The summed E-state index contributed by atoms with van der Waals surface area (Å²) in [4.78, 5) is 39.5. The molecule has 0 aliphatic carbocycles. The molecule has 3 aromatic rings.